The molecule has 0 spiro atoms. The predicted octanol–water partition coefficient (Wildman–Crippen LogP) is 1.36. The molecule has 5 nitrogen and oxygen atoms in total. The van der Waals surface area contributed by atoms with Crippen LogP contribution in [0.5, 0.6) is 0 Å². The van der Waals surface area contributed by atoms with Crippen molar-refractivity contribution in [2.24, 2.45) is 5.92 Å². The van der Waals surface area contributed by atoms with E-state index in [0.717, 1.165) is 22.9 Å². The molecule has 1 aromatic rings. The van der Waals surface area contributed by atoms with Gasteiger partial charge in [0.05, 0.1) is 25.2 Å². The maximum Gasteiger partial charge on any atom is 0.242 e. The van der Waals surface area contributed by atoms with Crippen molar-refractivity contribution in [1.82, 2.24) is 9.80 Å². The van der Waals surface area contributed by atoms with Crippen molar-refractivity contribution in [2.75, 3.05) is 19.7 Å². The van der Waals surface area contributed by atoms with E-state index in [0.29, 0.717) is 6.54 Å². The Balaban J connectivity index is 1.58. The van der Waals surface area contributed by atoms with E-state index in [4.69, 9.17) is 0 Å². The number of fused-ring (bicyclic) bond motifs is 1. The van der Waals surface area contributed by atoms with Crippen LogP contribution in [0.4, 0.5) is 0 Å². The minimum atomic E-state index is -0.174. The van der Waals surface area contributed by atoms with Crippen LogP contribution in [-0.4, -0.2) is 58.5 Å². The molecule has 6 heteroatoms. The Morgan fingerprint density at radius 3 is 2.57 bits per heavy atom. The third-order valence-corrected chi connectivity index (χ3v) is 5.77. The van der Waals surface area contributed by atoms with Gasteiger partial charge in [0.15, 0.2) is 0 Å². The molecular weight excluding hydrogens is 360 g/mol. The predicted molar refractivity (Wildman–Crippen MR) is 87.7 cm³/mol. The minimum Gasteiger partial charge on any atom is -0.394 e. The fourth-order valence-corrected chi connectivity index (χ4v) is 4.21. The molecule has 1 saturated carbocycles. The van der Waals surface area contributed by atoms with Gasteiger partial charge in [-0.1, -0.05) is 28.1 Å². The number of benzene rings is 1. The van der Waals surface area contributed by atoms with Crippen molar-refractivity contribution in [3.63, 3.8) is 0 Å². The van der Waals surface area contributed by atoms with Gasteiger partial charge in [0.1, 0.15) is 0 Å². The van der Waals surface area contributed by atoms with Gasteiger partial charge in [-0.15, -0.1) is 0 Å². The number of aliphatic hydroxyl groups is 1. The Labute approximate surface area is 143 Å². The molecule has 0 unspecified atom stereocenters. The normalized spacial score (nSPS) is 30.0. The number of piperazine rings is 1. The summed E-state index contributed by atoms with van der Waals surface area (Å²) >= 11 is 3.43. The third-order valence-electron chi connectivity index (χ3n) is 5.25. The second kappa shape index (κ2) is 5.60. The highest BCUT2D eigenvalue weighted by molar-refractivity contribution is 9.10. The lowest BCUT2D eigenvalue weighted by molar-refractivity contribution is -0.167. The van der Waals surface area contributed by atoms with Crippen LogP contribution < -0.4 is 0 Å². The van der Waals surface area contributed by atoms with E-state index >= 15 is 0 Å². The van der Waals surface area contributed by atoms with Crippen molar-refractivity contribution in [3.05, 3.63) is 34.3 Å². The molecule has 4 rings (SSSR count). The number of hydrogen-bond donors (Lipinski definition) is 1. The molecule has 3 aliphatic rings. The van der Waals surface area contributed by atoms with Crippen LogP contribution in [-0.2, 0) is 9.59 Å². The number of carbonyl (C=O) groups is 2. The Morgan fingerprint density at radius 1 is 1.26 bits per heavy atom. The summed E-state index contributed by atoms with van der Waals surface area (Å²) in [5, 5.41) is 9.72. The summed E-state index contributed by atoms with van der Waals surface area (Å²) in [6.45, 7) is 0.702. The fourth-order valence-electron chi connectivity index (χ4n) is 3.94. The molecule has 3 atom stereocenters. The number of carbonyl (C=O) groups excluding carboxylic acids is 2. The quantitative estimate of drug-likeness (QED) is 0.863. The number of rotatable bonds is 3. The van der Waals surface area contributed by atoms with E-state index in [2.05, 4.69) is 15.9 Å². The van der Waals surface area contributed by atoms with Gasteiger partial charge in [-0.05, 0) is 30.5 Å². The summed E-state index contributed by atoms with van der Waals surface area (Å²) < 4.78 is 1.00. The first kappa shape index (κ1) is 15.1. The summed E-state index contributed by atoms with van der Waals surface area (Å²) in [5.74, 6) is 0.309. The minimum absolute atomic E-state index is 0.0164. The summed E-state index contributed by atoms with van der Waals surface area (Å²) in [6, 6.07) is 7.82. The van der Waals surface area contributed by atoms with E-state index in [1.807, 2.05) is 24.3 Å². The molecule has 1 N–H and O–H groups in total. The lowest BCUT2D eigenvalue weighted by atomic mass is 9.73. The zero-order valence-corrected chi connectivity index (χ0v) is 14.3. The number of nitrogens with zero attached hydrogens (tertiary/aromatic N) is 2. The molecule has 1 aliphatic carbocycles. The van der Waals surface area contributed by atoms with Crippen molar-refractivity contribution in [3.8, 4) is 0 Å². The number of aliphatic hydroxyl groups excluding tert-OH is 1. The lowest BCUT2D eigenvalue weighted by Gasteiger charge is -2.58. The van der Waals surface area contributed by atoms with Crippen molar-refractivity contribution < 1.29 is 14.7 Å². The molecule has 122 valence electrons. The molecule has 3 fully saturated rings. The van der Waals surface area contributed by atoms with Gasteiger partial charge >= 0.3 is 0 Å². The molecule has 2 amide bonds. The molecule has 0 bridgehead atoms. The molecule has 23 heavy (non-hydrogen) atoms. The van der Waals surface area contributed by atoms with Crippen LogP contribution in [0.2, 0.25) is 0 Å². The highest BCUT2D eigenvalue weighted by atomic mass is 79.9. The van der Waals surface area contributed by atoms with Gasteiger partial charge in [0, 0.05) is 22.9 Å². The molecule has 2 saturated heterocycles. The Morgan fingerprint density at radius 2 is 1.96 bits per heavy atom. The van der Waals surface area contributed by atoms with E-state index in [9.17, 15) is 14.7 Å². The second-order valence-electron chi connectivity index (χ2n) is 6.69. The summed E-state index contributed by atoms with van der Waals surface area (Å²) in [5.41, 5.74) is 1.11. The maximum absolute atomic E-state index is 12.4. The first-order valence-corrected chi connectivity index (χ1v) is 8.85. The van der Waals surface area contributed by atoms with Crippen molar-refractivity contribution in [2.45, 2.75) is 30.8 Å². The standard InChI is InChI=1S/C17H19BrN2O3/c18-12-5-3-10(4-6-12)16-13-7-19(17(23)11-1-2-11)8-15(22)20(13)14(16)9-21/h3-6,11,13-14,16,21H,1-2,7-9H2/t13-,14+,16+/m1/s1. The smallest absolute Gasteiger partial charge is 0.242 e. The van der Waals surface area contributed by atoms with Crippen molar-refractivity contribution in [1.29, 1.82) is 0 Å². The van der Waals surface area contributed by atoms with Crippen LogP contribution in [0.25, 0.3) is 0 Å². The largest absolute Gasteiger partial charge is 0.394 e. The van der Waals surface area contributed by atoms with Crippen LogP contribution in [0.15, 0.2) is 28.7 Å². The highest BCUT2D eigenvalue weighted by Crippen LogP contribution is 2.44. The third kappa shape index (κ3) is 2.48. The molecular formula is C17H19BrN2O3. The average molecular weight is 379 g/mol. The SMILES string of the molecule is O=C(C1CC1)N1CC(=O)N2[C@H](C1)[C@H](c1ccc(Br)cc1)[C@@H]2CO. The van der Waals surface area contributed by atoms with Crippen LogP contribution >= 0.6 is 15.9 Å². The first-order chi connectivity index (χ1) is 11.1. The molecule has 0 radical (unpaired) electrons. The van der Waals surface area contributed by atoms with E-state index in [1.165, 1.54) is 0 Å². The van der Waals surface area contributed by atoms with Crippen molar-refractivity contribution >= 4 is 27.7 Å². The maximum atomic E-state index is 12.4. The lowest BCUT2D eigenvalue weighted by Crippen LogP contribution is -2.73. The van der Waals surface area contributed by atoms with Gasteiger partial charge in [-0.2, -0.15) is 0 Å². The Kier molecular flexibility index (Phi) is 3.69. The summed E-state index contributed by atoms with van der Waals surface area (Å²) in [7, 11) is 0. The Bertz CT molecular complexity index is 644. The van der Waals surface area contributed by atoms with Gasteiger partial charge in [-0.3, -0.25) is 9.59 Å². The van der Waals surface area contributed by atoms with Gasteiger partial charge in [0.25, 0.3) is 0 Å². The number of amides is 2. The summed E-state index contributed by atoms with van der Waals surface area (Å²) in [4.78, 5) is 28.3. The molecule has 2 aliphatic heterocycles. The Hall–Kier alpha value is -1.40. The van der Waals surface area contributed by atoms with Gasteiger partial charge < -0.3 is 14.9 Å². The number of hydrogen-bond acceptors (Lipinski definition) is 3. The second-order valence-corrected chi connectivity index (χ2v) is 7.60. The van der Waals surface area contributed by atoms with E-state index in [1.54, 1.807) is 9.80 Å². The molecule has 1 aromatic carbocycles. The van der Waals surface area contributed by atoms with E-state index in [-0.39, 0.29) is 48.9 Å². The van der Waals surface area contributed by atoms with Crippen LogP contribution in [0.1, 0.15) is 24.3 Å². The monoisotopic (exact) mass is 378 g/mol. The van der Waals surface area contributed by atoms with Gasteiger partial charge in [0.2, 0.25) is 11.8 Å². The summed E-state index contributed by atoms with van der Waals surface area (Å²) in [6.07, 6.45) is 1.90. The highest BCUT2D eigenvalue weighted by Gasteiger charge is 2.55. The average Bonchev–Trinajstić information content (AvgIpc) is 3.35. The zero-order valence-electron chi connectivity index (χ0n) is 12.7. The fraction of sp³-hybridized carbons (Fsp3) is 0.529. The molecule has 0 aromatic heterocycles. The molecule has 2 heterocycles. The topological polar surface area (TPSA) is 60.9 Å². The number of halogens is 1. The van der Waals surface area contributed by atoms with E-state index < -0.39 is 0 Å². The van der Waals surface area contributed by atoms with Gasteiger partial charge in [-0.25, -0.2) is 0 Å². The van der Waals surface area contributed by atoms with Crippen LogP contribution in [0, 0.1) is 5.92 Å². The zero-order chi connectivity index (χ0) is 16.1. The first-order valence-electron chi connectivity index (χ1n) is 8.06. The van der Waals surface area contributed by atoms with Crippen LogP contribution in [0.3, 0.4) is 0 Å².